The van der Waals surface area contributed by atoms with Gasteiger partial charge >= 0.3 is 11.9 Å². The van der Waals surface area contributed by atoms with Gasteiger partial charge in [-0.15, -0.1) is 0 Å². The van der Waals surface area contributed by atoms with Crippen LogP contribution in [0.1, 0.15) is 21.5 Å². The second-order valence-corrected chi connectivity index (χ2v) is 5.60. The molecule has 0 aliphatic heterocycles. The number of ether oxygens (including phenoxy) is 2. The first-order valence-electron chi connectivity index (χ1n) is 8.12. The number of methoxy groups -OCH3 is 1. The van der Waals surface area contributed by atoms with Crippen molar-refractivity contribution in [3.05, 3.63) is 71.3 Å². The summed E-state index contributed by atoms with van der Waals surface area (Å²) < 4.78 is 9.66. The van der Waals surface area contributed by atoms with Gasteiger partial charge in [-0.05, 0) is 29.8 Å². The zero-order valence-electron chi connectivity index (χ0n) is 14.7. The van der Waals surface area contributed by atoms with Crippen LogP contribution in [-0.4, -0.2) is 37.6 Å². The fraction of sp³-hybridized carbons (Fsp3) is 0.200. The predicted octanol–water partition coefficient (Wildman–Crippen LogP) is 1.62. The highest BCUT2D eigenvalue weighted by atomic mass is 16.5. The maximum atomic E-state index is 12.1. The molecule has 2 aromatic rings. The first-order valence-corrected chi connectivity index (χ1v) is 8.12. The Morgan fingerprint density at radius 1 is 1.07 bits per heavy atom. The number of carbonyl (C=O) groups excluding carboxylic acids is 3. The van der Waals surface area contributed by atoms with E-state index in [1.54, 1.807) is 0 Å². The van der Waals surface area contributed by atoms with Gasteiger partial charge in [-0.1, -0.05) is 30.3 Å². The van der Waals surface area contributed by atoms with E-state index in [0.717, 1.165) is 5.56 Å². The molecule has 27 heavy (non-hydrogen) atoms. The molecule has 0 bridgehead atoms. The quantitative estimate of drug-likeness (QED) is 0.747. The SMILES string of the molecule is COC(=O)[C@@H](Cc1ccccc1)NC(=O)COC(=O)c1ccc(C#N)cc1. The number of nitriles is 1. The summed E-state index contributed by atoms with van der Waals surface area (Å²) in [5, 5.41) is 11.2. The molecular weight excluding hydrogens is 348 g/mol. The first kappa shape index (κ1) is 19.7. The van der Waals surface area contributed by atoms with Crippen molar-refractivity contribution in [2.75, 3.05) is 13.7 Å². The van der Waals surface area contributed by atoms with Crippen molar-refractivity contribution < 1.29 is 23.9 Å². The summed E-state index contributed by atoms with van der Waals surface area (Å²) >= 11 is 0. The minimum Gasteiger partial charge on any atom is -0.467 e. The third-order valence-electron chi connectivity index (χ3n) is 3.69. The van der Waals surface area contributed by atoms with Gasteiger partial charge < -0.3 is 14.8 Å². The van der Waals surface area contributed by atoms with Crippen molar-refractivity contribution in [3.63, 3.8) is 0 Å². The molecule has 138 valence electrons. The second kappa shape index (κ2) is 9.73. The van der Waals surface area contributed by atoms with E-state index < -0.39 is 30.5 Å². The van der Waals surface area contributed by atoms with Gasteiger partial charge in [0.2, 0.25) is 0 Å². The molecule has 0 spiro atoms. The number of nitrogens with one attached hydrogen (secondary N) is 1. The molecule has 0 saturated carbocycles. The second-order valence-electron chi connectivity index (χ2n) is 5.60. The number of amides is 1. The number of nitrogens with zero attached hydrogens (tertiary/aromatic N) is 1. The Labute approximate surface area is 156 Å². The standard InChI is InChI=1S/C20H18N2O5/c1-26-20(25)17(11-14-5-3-2-4-6-14)22-18(23)13-27-19(24)16-9-7-15(12-21)8-10-16/h2-10,17H,11,13H2,1H3,(H,22,23)/t17-/m1/s1. The molecule has 7 heteroatoms. The minimum atomic E-state index is -0.890. The maximum Gasteiger partial charge on any atom is 0.338 e. The topological polar surface area (TPSA) is 105 Å². The molecule has 0 heterocycles. The van der Waals surface area contributed by atoms with Gasteiger partial charge in [-0.25, -0.2) is 9.59 Å². The Hall–Kier alpha value is -3.66. The lowest BCUT2D eigenvalue weighted by atomic mass is 10.1. The highest BCUT2D eigenvalue weighted by molar-refractivity contribution is 5.92. The largest absolute Gasteiger partial charge is 0.467 e. The van der Waals surface area contributed by atoms with Gasteiger partial charge in [0.05, 0.1) is 24.3 Å². The summed E-state index contributed by atoms with van der Waals surface area (Å²) in [7, 11) is 1.23. The zero-order chi connectivity index (χ0) is 19.6. The fourth-order valence-electron chi connectivity index (χ4n) is 2.32. The lowest BCUT2D eigenvalue weighted by Gasteiger charge is -2.16. The van der Waals surface area contributed by atoms with Crippen LogP contribution in [0, 0.1) is 11.3 Å². The average molecular weight is 366 g/mol. The summed E-state index contributed by atoms with van der Waals surface area (Å²) in [6.45, 7) is -0.541. The molecule has 2 aromatic carbocycles. The number of rotatable bonds is 7. The minimum absolute atomic E-state index is 0.218. The monoisotopic (exact) mass is 366 g/mol. The van der Waals surface area contributed by atoms with Crippen LogP contribution in [0.25, 0.3) is 0 Å². The summed E-state index contributed by atoms with van der Waals surface area (Å²) in [6, 6.07) is 16.0. The maximum absolute atomic E-state index is 12.1. The highest BCUT2D eigenvalue weighted by Crippen LogP contribution is 2.06. The van der Waals surface area contributed by atoms with Crippen LogP contribution < -0.4 is 5.32 Å². The molecule has 0 aliphatic carbocycles. The van der Waals surface area contributed by atoms with E-state index in [1.165, 1.54) is 31.4 Å². The van der Waals surface area contributed by atoms with Crippen LogP contribution in [0.4, 0.5) is 0 Å². The first-order chi connectivity index (χ1) is 13.0. The molecule has 1 N–H and O–H groups in total. The summed E-state index contributed by atoms with van der Waals surface area (Å²) in [5.74, 6) is -1.92. The van der Waals surface area contributed by atoms with E-state index in [2.05, 4.69) is 5.32 Å². The van der Waals surface area contributed by atoms with E-state index in [1.807, 2.05) is 36.4 Å². The van der Waals surface area contributed by atoms with Crippen molar-refractivity contribution in [2.45, 2.75) is 12.5 Å². The van der Waals surface area contributed by atoms with Gasteiger partial charge in [-0.2, -0.15) is 5.26 Å². The van der Waals surface area contributed by atoms with E-state index >= 15 is 0 Å². The Balaban J connectivity index is 1.91. The summed E-state index contributed by atoms with van der Waals surface area (Å²) in [4.78, 5) is 35.9. The van der Waals surface area contributed by atoms with Gasteiger partial charge in [0, 0.05) is 6.42 Å². The van der Waals surface area contributed by atoms with E-state index in [0.29, 0.717) is 5.56 Å². The third kappa shape index (κ3) is 5.97. The fourth-order valence-corrected chi connectivity index (χ4v) is 2.32. The van der Waals surface area contributed by atoms with Gasteiger partial charge in [0.1, 0.15) is 6.04 Å². The van der Waals surface area contributed by atoms with E-state index in [-0.39, 0.29) is 12.0 Å². The van der Waals surface area contributed by atoms with Crippen LogP contribution in [0.5, 0.6) is 0 Å². The van der Waals surface area contributed by atoms with Crippen molar-refractivity contribution in [3.8, 4) is 6.07 Å². The Bertz CT molecular complexity index is 841. The summed E-state index contributed by atoms with van der Waals surface area (Å²) in [6.07, 6.45) is 0.253. The van der Waals surface area contributed by atoms with Gasteiger partial charge in [0.15, 0.2) is 6.61 Å². The third-order valence-corrected chi connectivity index (χ3v) is 3.69. The Kier molecular flexibility index (Phi) is 7.08. The predicted molar refractivity (Wildman–Crippen MR) is 95.5 cm³/mol. The molecule has 0 aromatic heterocycles. The number of carbonyl (C=O) groups is 3. The Morgan fingerprint density at radius 3 is 2.33 bits per heavy atom. The average Bonchev–Trinajstić information content (AvgIpc) is 2.71. The molecular formula is C20H18N2O5. The zero-order valence-corrected chi connectivity index (χ0v) is 14.7. The lowest BCUT2D eigenvalue weighted by Crippen LogP contribution is -2.44. The number of hydrogen-bond acceptors (Lipinski definition) is 6. The number of esters is 2. The molecule has 1 amide bonds. The van der Waals surface area contributed by atoms with Crippen molar-refractivity contribution in [1.29, 1.82) is 5.26 Å². The van der Waals surface area contributed by atoms with E-state index in [9.17, 15) is 14.4 Å². The molecule has 2 rings (SSSR count). The van der Waals surface area contributed by atoms with Crippen LogP contribution in [0.2, 0.25) is 0 Å². The molecule has 0 aliphatic rings. The van der Waals surface area contributed by atoms with Crippen molar-refractivity contribution in [1.82, 2.24) is 5.32 Å². The molecule has 0 fully saturated rings. The van der Waals surface area contributed by atoms with Crippen LogP contribution >= 0.6 is 0 Å². The summed E-state index contributed by atoms with van der Waals surface area (Å²) in [5.41, 5.74) is 1.48. The molecule has 0 saturated heterocycles. The molecule has 1 atom stereocenters. The van der Waals surface area contributed by atoms with Crippen molar-refractivity contribution >= 4 is 17.8 Å². The van der Waals surface area contributed by atoms with Gasteiger partial charge in [0.25, 0.3) is 5.91 Å². The van der Waals surface area contributed by atoms with Crippen LogP contribution in [-0.2, 0) is 25.5 Å². The number of benzene rings is 2. The number of hydrogen-bond donors (Lipinski definition) is 1. The van der Waals surface area contributed by atoms with Crippen LogP contribution in [0.15, 0.2) is 54.6 Å². The lowest BCUT2D eigenvalue weighted by molar-refractivity contribution is -0.145. The van der Waals surface area contributed by atoms with E-state index in [4.69, 9.17) is 14.7 Å². The van der Waals surface area contributed by atoms with Gasteiger partial charge in [-0.3, -0.25) is 4.79 Å². The Morgan fingerprint density at radius 2 is 1.74 bits per heavy atom. The molecule has 7 nitrogen and oxygen atoms in total. The van der Waals surface area contributed by atoms with Crippen LogP contribution in [0.3, 0.4) is 0 Å². The highest BCUT2D eigenvalue weighted by Gasteiger charge is 2.22. The molecule has 0 unspecified atom stereocenters. The normalized spacial score (nSPS) is 11.0. The molecule has 0 radical (unpaired) electrons. The smallest absolute Gasteiger partial charge is 0.338 e. The van der Waals surface area contributed by atoms with Crippen molar-refractivity contribution in [2.24, 2.45) is 0 Å².